The SMILES string of the molecule is Cc1cccc(F)c1NC1CC(=O)N(C)c2ccccc21. The Morgan fingerprint density at radius 2 is 1.95 bits per heavy atom. The zero-order valence-corrected chi connectivity index (χ0v) is 12.1. The first-order chi connectivity index (χ1) is 10.1. The van der Waals surface area contributed by atoms with Gasteiger partial charge in [0, 0.05) is 12.7 Å². The molecule has 2 aromatic rings. The van der Waals surface area contributed by atoms with Gasteiger partial charge in [0.25, 0.3) is 0 Å². The number of hydrogen-bond acceptors (Lipinski definition) is 2. The van der Waals surface area contributed by atoms with E-state index in [1.54, 1.807) is 18.0 Å². The molecule has 0 spiro atoms. The third-order valence-corrected chi connectivity index (χ3v) is 3.97. The summed E-state index contributed by atoms with van der Waals surface area (Å²) in [5, 5.41) is 3.20. The van der Waals surface area contributed by atoms with E-state index >= 15 is 0 Å². The lowest BCUT2D eigenvalue weighted by Gasteiger charge is -2.32. The summed E-state index contributed by atoms with van der Waals surface area (Å²) >= 11 is 0. The van der Waals surface area contributed by atoms with Crippen LogP contribution in [-0.4, -0.2) is 13.0 Å². The molecule has 0 radical (unpaired) electrons. The average molecular weight is 284 g/mol. The first kappa shape index (κ1) is 13.6. The second kappa shape index (κ2) is 5.20. The van der Waals surface area contributed by atoms with Crippen LogP contribution in [0, 0.1) is 12.7 Å². The van der Waals surface area contributed by atoms with Crippen molar-refractivity contribution in [1.82, 2.24) is 0 Å². The van der Waals surface area contributed by atoms with Crippen LogP contribution < -0.4 is 10.2 Å². The molecule has 1 heterocycles. The second-order valence-electron chi connectivity index (χ2n) is 5.34. The fourth-order valence-electron chi connectivity index (χ4n) is 2.76. The van der Waals surface area contributed by atoms with Crippen molar-refractivity contribution in [2.75, 3.05) is 17.3 Å². The van der Waals surface area contributed by atoms with Gasteiger partial charge in [-0.2, -0.15) is 0 Å². The normalized spacial score (nSPS) is 17.6. The first-order valence-electron chi connectivity index (χ1n) is 6.95. The van der Waals surface area contributed by atoms with E-state index in [9.17, 15) is 9.18 Å². The van der Waals surface area contributed by atoms with E-state index in [-0.39, 0.29) is 17.8 Å². The van der Waals surface area contributed by atoms with Gasteiger partial charge in [-0.15, -0.1) is 0 Å². The van der Waals surface area contributed by atoms with E-state index in [0.717, 1.165) is 16.8 Å². The number of carbonyl (C=O) groups is 1. The van der Waals surface area contributed by atoms with E-state index in [0.29, 0.717) is 12.1 Å². The number of benzene rings is 2. The highest BCUT2D eigenvalue weighted by Gasteiger charge is 2.29. The molecule has 1 aliphatic rings. The molecular weight excluding hydrogens is 267 g/mol. The van der Waals surface area contributed by atoms with Gasteiger partial charge < -0.3 is 10.2 Å². The number of anilines is 2. The maximum atomic E-state index is 14.0. The van der Waals surface area contributed by atoms with Crippen molar-refractivity contribution < 1.29 is 9.18 Å². The van der Waals surface area contributed by atoms with Gasteiger partial charge in [-0.1, -0.05) is 30.3 Å². The summed E-state index contributed by atoms with van der Waals surface area (Å²) in [5.41, 5.74) is 3.19. The summed E-state index contributed by atoms with van der Waals surface area (Å²) in [6.07, 6.45) is 0.321. The third kappa shape index (κ3) is 2.37. The minimum atomic E-state index is -0.293. The highest BCUT2D eigenvalue weighted by Crippen LogP contribution is 2.36. The Kier molecular flexibility index (Phi) is 3.37. The van der Waals surface area contributed by atoms with Crippen molar-refractivity contribution >= 4 is 17.3 Å². The molecule has 1 unspecified atom stereocenters. The van der Waals surface area contributed by atoms with Crippen LogP contribution in [-0.2, 0) is 4.79 Å². The number of nitrogens with zero attached hydrogens (tertiary/aromatic N) is 1. The zero-order valence-electron chi connectivity index (χ0n) is 12.1. The molecular formula is C17H17FN2O. The van der Waals surface area contributed by atoms with E-state index in [4.69, 9.17) is 0 Å². The molecule has 0 bridgehead atoms. The summed E-state index contributed by atoms with van der Waals surface area (Å²) in [4.78, 5) is 13.8. The number of nitrogens with one attached hydrogen (secondary N) is 1. The van der Waals surface area contributed by atoms with Crippen molar-refractivity contribution in [3.8, 4) is 0 Å². The van der Waals surface area contributed by atoms with E-state index in [2.05, 4.69) is 5.32 Å². The van der Waals surface area contributed by atoms with Crippen LogP contribution in [0.5, 0.6) is 0 Å². The molecule has 1 amide bonds. The smallest absolute Gasteiger partial charge is 0.229 e. The molecule has 0 saturated heterocycles. The van der Waals surface area contributed by atoms with Crippen molar-refractivity contribution in [3.05, 3.63) is 59.4 Å². The van der Waals surface area contributed by atoms with Gasteiger partial charge in [-0.05, 0) is 30.2 Å². The van der Waals surface area contributed by atoms with Gasteiger partial charge in [0.2, 0.25) is 5.91 Å². The summed E-state index contributed by atoms with van der Waals surface area (Å²) in [6, 6.07) is 12.5. The molecule has 0 aliphatic carbocycles. The molecule has 3 nitrogen and oxygen atoms in total. The summed E-state index contributed by atoms with van der Waals surface area (Å²) in [5.74, 6) is -0.265. The molecule has 1 N–H and O–H groups in total. The van der Waals surface area contributed by atoms with Crippen LogP contribution in [0.4, 0.5) is 15.8 Å². The quantitative estimate of drug-likeness (QED) is 0.913. The van der Waals surface area contributed by atoms with Crippen LogP contribution in [0.2, 0.25) is 0 Å². The number of fused-ring (bicyclic) bond motifs is 1. The predicted molar refractivity (Wildman–Crippen MR) is 82.0 cm³/mol. The van der Waals surface area contributed by atoms with Crippen LogP contribution >= 0.6 is 0 Å². The van der Waals surface area contributed by atoms with Gasteiger partial charge in [-0.25, -0.2) is 4.39 Å². The Morgan fingerprint density at radius 3 is 2.71 bits per heavy atom. The average Bonchev–Trinajstić information content (AvgIpc) is 2.48. The predicted octanol–water partition coefficient (Wildman–Crippen LogP) is 3.65. The second-order valence-corrected chi connectivity index (χ2v) is 5.34. The van der Waals surface area contributed by atoms with Crippen LogP contribution in [0.1, 0.15) is 23.6 Å². The third-order valence-electron chi connectivity index (χ3n) is 3.97. The van der Waals surface area contributed by atoms with Crippen molar-refractivity contribution in [3.63, 3.8) is 0 Å². The lowest BCUT2D eigenvalue weighted by Crippen LogP contribution is -2.35. The molecule has 1 aliphatic heterocycles. The van der Waals surface area contributed by atoms with E-state index in [1.165, 1.54) is 6.07 Å². The van der Waals surface area contributed by atoms with Crippen LogP contribution in [0.3, 0.4) is 0 Å². The van der Waals surface area contributed by atoms with Crippen molar-refractivity contribution in [2.45, 2.75) is 19.4 Å². The number of para-hydroxylation sites is 2. The fourth-order valence-corrected chi connectivity index (χ4v) is 2.76. The van der Waals surface area contributed by atoms with Gasteiger partial charge in [-0.3, -0.25) is 4.79 Å². The molecule has 1 atom stereocenters. The zero-order chi connectivity index (χ0) is 15.0. The van der Waals surface area contributed by atoms with E-state index in [1.807, 2.05) is 37.3 Å². The molecule has 4 heteroatoms. The van der Waals surface area contributed by atoms with Gasteiger partial charge in [0.05, 0.1) is 18.2 Å². The fraction of sp³-hybridized carbons (Fsp3) is 0.235. The molecule has 0 aromatic heterocycles. The van der Waals surface area contributed by atoms with Crippen LogP contribution in [0.25, 0.3) is 0 Å². The lowest BCUT2D eigenvalue weighted by atomic mass is 9.95. The topological polar surface area (TPSA) is 32.3 Å². The number of halogens is 1. The maximum Gasteiger partial charge on any atom is 0.229 e. The number of carbonyl (C=O) groups excluding carboxylic acids is 1. The van der Waals surface area contributed by atoms with Crippen molar-refractivity contribution in [1.29, 1.82) is 0 Å². The molecule has 108 valence electrons. The largest absolute Gasteiger partial charge is 0.375 e. The Balaban J connectivity index is 2.00. The molecule has 2 aromatic carbocycles. The lowest BCUT2D eigenvalue weighted by molar-refractivity contribution is -0.118. The summed E-state index contributed by atoms with van der Waals surface area (Å²) in [6.45, 7) is 1.86. The first-order valence-corrected chi connectivity index (χ1v) is 6.95. The van der Waals surface area contributed by atoms with Crippen LogP contribution in [0.15, 0.2) is 42.5 Å². The number of amides is 1. The Morgan fingerprint density at radius 1 is 1.19 bits per heavy atom. The Bertz CT molecular complexity index is 679. The van der Waals surface area contributed by atoms with Crippen molar-refractivity contribution in [2.24, 2.45) is 0 Å². The van der Waals surface area contributed by atoms with Gasteiger partial charge in [0.1, 0.15) is 5.82 Å². The molecule has 0 fully saturated rings. The highest BCUT2D eigenvalue weighted by atomic mass is 19.1. The summed E-state index contributed by atoms with van der Waals surface area (Å²) in [7, 11) is 1.77. The minimum Gasteiger partial charge on any atom is -0.375 e. The monoisotopic (exact) mass is 284 g/mol. The maximum absolute atomic E-state index is 14.0. The number of rotatable bonds is 2. The molecule has 0 saturated carbocycles. The summed E-state index contributed by atoms with van der Waals surface area (Å²) < 4.78 is 14.0. The van der Waals surface area contributed by atoms with E-state index < -0.39 is 0 Å². The highest BCUT2D eigenvalue weighted by molar-refractivity contribution is 5.97. The minimum absolute atomic E-state index is 0.0280. The Labute approximate surface area is 123 Å². The molecule has 3 rings (SSSR count). The number of hydrogen-bond donors (Lipinski definition) is 1. The van der Waals surface area contributed by atoms with Gasteiger partial charge in [0.15, 0.2) is 0 Å². The van der Waals surface area contributed by atoms with Gasteiger partial charge >= 0.3 is 0 Å². The Hall–Kier alpha value is -2.36. The number of aryl methyl sites for hydroxylation is 1. The molecule has 21 heavy (non-hydrogen) atoms. The standard InChI is InChI=1S/C17H17FN2O/c1-11-6-5-8-13(18)17(11)19-14-10-16(21)20(2)15-9-4-3-7-12(14)15/h3-9,14,19H,10H2,1-2H3.